The first-order valence-corrected chi connectivity index (χ1v) is 12.1. The predicted molar refractivity (Wildman–Crippen MR) is 117 cm³/mol. The van der Waals surface area contributed by atoms with Gasteiger partial charge >= 0.3 is 0 Å². The van der Waals surface area contributed by atoms with Crippen LogP contribution < -0.4 is 0 Å². The number of nitrogens with zero attached hydrogens (tertiary/aromatic N) is 1. The lowest BCUT2D eigenvalue weighted by Gasteiger charge is -2.19. The maximum Gasteiger partial charge on any atom is 0.0721 e. The zero-order valence-electron chi connectivity index (χ0n) is 18.1. The molecule has 0 radical (unpaired) electrons. The first kappa shape index (κ1) is 22.1. The Morgan fingerprint density at radius 3 is 2.75 bits per heavy atom. The van der Waals surface area contributed by atoms with Crippen LogP contribution in [0, 0.1) is 17.8 Å². The van der Waals surface area contributed by atoms with E-state index in [1.165, 1.54) is 71.0 Å². The van der Waals surface area contributed by atoms with Gasteiger partial charge in [0.2, 0.25) is 0 Å². The number of aliphatic hydroxyl groups is 2. The molecule has 3 rings (SSSR count). The van der Waals surface area contributed by atoms with Crippen molar-refractivity contribution in [3.8, 4) is 0 Å². The molecule has 0 spiro atoms. The highest BCUT2D eigenvalue weighted by atomic mass is 16.3. The Morgan fingerprint density at radius 2 is 1.96 bits per heavy atom. The summed E-state index contributed by atoms with van der Waals surface area (Å²) in [4.78, 5) is 2.62. The van der Waals surface area contributed by atoms with Crippen molar-refractivity contribution in [2.24, 2.45) is 17.8 Å². The van der Waals surface area contributed by atoms with E-state index < -0.39 is 0 Å². The van der Waals surface area contributed by atoms with E-state index in [1.807, 2.05) is 6.08 Å². The molecule has 1 saturated heterocycles. The number of allylic oxidation sites excluding steroid dienone is 2. The third kappa shape index (κ3) is 6.43. The Balaban J connectivity index is 1.36. The lowest BCUT2D eigenvalue weighted by molar-refractivity contribution is 0.139. The minimum atomic E-state index is -0.345. The molecule has 0 aromatic rings. The summed E-state index contributed by atoms with van der Waals surface area (Å²) in [5, 5.41) is 20.7. The van der Waals surface area contributed by atoms with Crippen molar-refractivity contribution in [1.82, 2.24) is 4.90 Å². The fourth-order valence-electron chi connectivity index (χ4n) is 5.62. The van der Waals surface area contributed by atoms with Crippen LogP contribution in [-0.4, -0.2) is 47.0 Å². The second-order valence-electron chi connectivity index (χ2n) is 9.54. The predicted octanol–water partition coefficient (Wildman–Crippen LogP) is 5.08. The first-order chi connectivity index (χ1) is 13.7. The molecule has 0 aromatic carbocycles. The van der Waals surface area contributed by atoms with Gasteiger partial charge in [0.05, 0.1) is 12.2 Å². The molecule has 3 nitrogen and oxygen atoms in total. The second-order valence-corrected chi connectivity index (χ2v) is 9.54. The van der Waals surface area contributed by atoms with Gasteiger partial charge in [0.1, 0.15) is 0 Å². The highest BCUT2D eigenvalue weighted by Crippen LogP contribution is 2.48. The Hall–Kier alpha value is -0.640. The molecule has 2 fully saturated rings. The standard InChI is InChI=1S/C25H43NO2/c1-2-3-5-11-22(27)12-13-23-24-18-20(17-21(24)19-25(23)28)10-6-4-7-14-26-15-8-9-16-26/h12-13,17,21-25,27-28H,2-11,14-16,18-19H2,1H3/t21-,22-,23+,24-,25+/m0/s1. The van der Waals surface area contributed by atoms with E-state index in [1.54, 1.807) is 5.57 Å². The number of hydrogen-bond acceptors (Lipinski definition) is 3. The lowest BCUT2D eigenvalue weighted by atomic mass is 9.88. The molecule has 28 heavy (non-hydrogen) atoms. The molecule has 1 saturated carbocycles. The number of fused-ring (bicyclic) bond motifs is 1. The van der Waals surface area contributed by atoms with Crippen LogP contribution in [-0.2, 0) is 0 Å². The Kier molecular flexibility index (Phi) is 9.07. The van der Waals surface area contributed by atoms with Gasteiger partial charge in [-0.3, -0.25) is 0 Å². The normalized spacial score (nSPS) is 31.6. The van der Waals surface area contributed by atoms with Crippen molar-refractivity contribution >= 4 is 0 Å². The molecule has 3 aliphatic rings. The van der Waals surface area contributed by atoms with Gasteiger partial charge in [-0.05, 0) is 82.8 Å². The second kappa shape index (κ2) is 11.5. The zero-order valence-corrected chi connectivity index (χ0v) is 18.1. The average molecular weight is 390 g/mol. The highest BCUT2D eigenvalue weighted by molar-refractivity contribution is 5.21. The highest BCUT2D eigenvalue weighted by Gasteiger charge is 2.43. The van der Waals surface area contributed by atoms with Crippen LogP contribution in [0.5, 0.6) is 0 Å². The van der Waals surface area contributed by atoms with Gasteiger partial charge in [-0.2, -0.15) is 0 Å². The lowest BCUT2D eigenvalue weighted by Crippen LogP contribution is -2.20. The average Bonchev–Trinajstić information content (AvgIpc) is 3.37. The van der Waals surface area contributed by atoms with Crippen molar-refractivity contribution in [3.05, 3.63) is 23.8 Å². The summed E-state index contributed by atoms with van der Waals surface area (Å²) >= 11 is 0. The van der Waals surface area contributed by atoms with E-state index in [0.29, 0.717) is 11.8 Å². The van der Waals surface area contributed by atoms with E-state index in [-0.39, 0.29) is 18.1 Å². The van der Waals surface area contributed by atoms with Gasteiger partial charge < -0.3 is 15.1 Å². The number of unbranched alkanes of at least 4 members (excludes halogenated alkanes) is 4. The fraction of sp³-hybridized carbons (Fsp3) is 0.840. The number of aliphatic hydroxyl groups excluding tert-OH is 2. The number of hydrogen-bond donors (Lipinski definition) is 2. The van der Waals surface area contributed by atoms with Gasteiger partial charge in [0.25, 0.3) is 0 Å². The summed E-state index contributed by atoms with van der Waals surface area (Å²) in [6, 6.07) is 0. The summed E-state index contributed by atoms with van der Waals surface area (Å²) in [6.07, 6.45) is 20.4. The zero-order chi connectivity index (χ0) is 19.8. The van der Waals surface area contributed by atoms with Crippen LogP contribution in [0.1, 0.15) is 84.0 Å². The molecule has 0 amide bonds. The maximum atomic E-state index is 10.5. The van der Waals surface area contributed by atoms with E-state index in [0.717, 1.165) is 25.7 Å². The Labute approximate surface area is 172 Å². The molecule has 5 atom stereocenters. The molecule has 0 aromatic heterocycles. The molecule has 1 heterocycles. The molecular weight excluding hydrogens is 346 g/mol. The quantitative estimate of drug-likeness (QED) is 0.361. The van der Waals surface area contributed by atoms with Crippen molar-refractivity contribution < 1.29 is 10.2 Å². The van der Waals surface area contributed by atoms with E-state index >= 15 is 0 Å². The summed E-state index contributed by atoms with van der Waals surface area (Å²) in [7, 11) is 0. The maximum absolute atomic E-state index is 10.5. The summed E-state index contributed by atoms with van der Waals surface area (Å²) < 4.78 is 0. The third-order valence-corrected chi connectivity index (χ3v) is 7.28. The van der Waals surface area contributed by atoms with Gasteiger partial charge in [-0.1, -0.05) is 56.4 Å². The van der Waals surface area contributed by atoms with Crippen LogP contribution in [0.2, 0.25) is 0 Å². The molecule has 0 unspecified atom stereocenters. The van der Waals surface area contributed by atoms with Crippen LogP contribution >= 0.6 is 0 Å². The van der Waals surface area contributed by atoms with Crippen LogP contribution in [0.3, 0.4) is 0 Å². The monoisotopic (exact) mass is 389 g/mol. The number of rotatable bonds is 12. The molecule has 2 aliphatic carbocycles. The van der Waals surface area contributed by atoms with Gasteiger partial charge in [0, 0.05) is 5.92 Å². The van der Waals surface area contributed by atoms with Gasteiger partial charge in [0.15, 0.2) is 0 Å². The van der Waals surface area contributed by atoms with Crippen LogP contribution in [0.4, 0.5) is 0 Å². The smallest absolute Gasteiger partial charge is 0.0721 e. The molecular formula is C25H43NO2. The molecule has 1 aliphatic heterocycles. The molecule has 3 heteroatoms. The largest absolute Gasteiger partial charge is 0.392 e. The summed E-state index contributed by atoms with van der Waals surface area (Å²) in [6.45, 7) is 6.12. The third-order valence-electron chi connectivity index (χ3n) is 7.28. The minimum Gasteiger partial charge on any atom is -0.392 e. The van der Waals surface area contributed by atoms with Gasteiger partial charge in [-0.25, -0.2) is 0 Å². The van der Waals surface area contributed by atoms with Crippen molar-refractivity contribution in [2.45, 2.75) is 96.2 Å². The fourth-order valence-corrected chi connectivity index (χ4v) is 5.62. The van der Waals surface area contributed by atoms with E-state index in [2.05, 4.69) is 24.0 Å². The summed E-state index contributed by atoms with van der Waals surface area (Å²) in [5.74, 6) is 1.35. The van der Waals surface area contributed by atoms with Gasteiger partial charge in [-0.15, -0.1) is 0 Å². The Morgan fingerprint density at radius 1 is 1.14 bits per heavy atom. The van der Waals surface area contributed by atoms with Crippen molar-refractivity contribution in [2.75, 3.05) is 19.6 Å². The van der Waals surface area contributed by atoms with E-state index in [4.69, 9.17) is 0 Å². The summed E-state index contributed by atoms with van der Waals surface area (Å²) in [5.41, 5.74) is 1.63. The SMILES string of the molecule is CCCCC[C@H](O)C=C[C@@H]1[C@H]2CC(CCCCCN3CCCC3)=C[C@H]2C[C@H]1O. The number of likely N-dealkylation sites (tertiary alicyclic amines) is 1. The first-order valence-electron chi connectivity index (χ1n) is 12.1. The van der Waals surface area contributed by atoms with Crippen LogP contribution in [0.25, 0.3) is 0 Å². The molecule has 0 bridgehead atoms. The topological polar surface area (TPSA) is 43.7 Å². The molecule has 160 valence electrons. The van der Waals surface area contributed by atoms with Crippen LogP contribution in [0.15, 0.2) is 23.8 Å². The minimum absolute atomic E-state index is 0.229. The van der Waals surface area contributed by atoms with Crippen molar-refractivity contribution in [3.63, 3.8) is 0 Å². The Bertz CT molecular complexity index is 509. The molecule has 2 N–H and O–H groups in total. The van der Waals surface area contributed by atoms with E-state index in [9.17, 15) is 10.2 Å². The van der Waals surface area contributed by atoms with Crippen molar-refractivity contribution in [1.29, 1.82) is 0 Å².